The van der Waals surface area contributed by atoms with Gasteiger partial charge in [0.2, 0.25) is 11.7 Å². The third-order valence-corrected chi connectivity index (χ3v) is 5.83. The van der Waals surface area contributed by atoms with Crippen LogP contribution in [-0.4, -0.2) is 71.2 Å². The molecule has 156 valence electrons. The van der Waals surface area contributed by atoms with E-state index in [1.807, 2.05) is 24.3 Å². The molecule has 8 heteroatoms. The Kier molecular flexibility index (Phi) is 6.67. The van der Waals surface area contributed by atoms with E-state index >= 15 is 0 Å². The van der Waals surface area contributed by atoms with Gasteiger partial charge in [-0.2, -0.15) is 4.98 Å². The Labute approximate surface area is 177 Å². The highest BCUT2D eigenvalue weighted by Gasteiger charge is 2.30. The highest BCUT2D eigenvalue weighted by atomic mass is 35.5. The number of aromatic nitrogens is 2. The van der Waals surface area contributed by atoms with E-state index in [9.17, 15) is 0 Å². The average molecular weight is 417 g/mol. The second-order valence-corrected chi connectivity index (χ2v) is 8.08. The van der Waals surface area contributed by atoms with Gasteiger partial charge in [0, 0.05) is 42.7 Å². The fourth-order valence-electron chi connectivity index (χ4n) is 4.12. The van der Waals surface area contributed by atoms with Gasteiger partial charge < -0.3 is 14.7 Å². The van der Waals surface area contributed by atoms with Gasteiger partial charge in [-0.1, -0.05) is 28.9 Å². The second kappa shape index (κ2) is 9.59. The molecule has 0 spiro atoms. The molecule has 2 aliphatic heterocycles. The first kappa shape index (κ1) is 20.2. The normalized spacial score (nSPS) is 20.6. The van der Waals surface area contributed by atoms with Crippen LogP contribution in [0.2, 0.25) is 5.02 Å². The Hall–Kier alpha value is -2.12. The lowest BCUT2D eigenvalue weighted by molar-refractivity contribution is 0.249. The molecule has 7 nitrogen and oxygen atoms in total. The molecule has 0 radical (unpaired) electrons. The molecule has 0 aliphatic carbocycles. The van der Waals surface area contributed by atoms with Crippen molar-refractivity contribution in [3.63, 3.8) is 0 Å². The molecule has 0 saturated carbocycles. The maximum Gasteiger partial charge on any atom is 0.228 e. The summed E-state index contributed by atoms with van der Waals surface area (Å²) >= 11 is 6.05. The molecular weight excluding hydrogens is 388 g/mol. The van der Waals surface area contributed by atoms with Crippen LogP contribution >= 0.6 is 11.6 Å². The topological polar surface area (TPSA) is 69.8 Å². The molecule has 0 amide bonds. The average Bonchev–Trinajstić information content (AvgIpc) is 3.48. The molecule has 1 aromatic carbocycles. The molecule has 3 heterocycles. The zero-order chi connectivity index (χ0) is 20.1. The van der Waals surface area contributed by atoms with Gasteiger partial charge in [-0.3, -0.25) is 9.89 Å². The summed E-state index contributed by atoms with van der Waals surface area (Å²) in [5, 5.41) is 8.16. The number of guanidine groups is 1. The van der Waals surface area contributed by atoms with Gasteiger partial charge in [-0.15, -0.1) is 0 Å². The van der Waals surface area contributed by atoms with Crippen LogP contribution in [0.25, 0.3) is 11.4 Å². The smallest absolute Gasteiger partial charge is 0.228 e. The second-order valence-electron chi connectivity index (χ2n) is 7.64. The van der Waals surface area contributed by atoms with E-state index in [0.717, 1.165) is 31.2 Å². The van der Waals surface area contributed by atoms with Crippen molar-refractivity contribution in [3.05, 3.63) is 35.2 Å². The number of nitrogens with zero attached hydrogens (tertiary/aromatic N) is 5. The van der Waals surface area contributed by atoms with Gasteiger partial charge >= 0.3 is 0 Å². The van der Waals surface area contributed by atoms with E-state index in [-0.39, 0.29) is 0 Å². The Morgan fingerprint density at radius 2 is 2.17 bits per heavy atom. The summed E-state index contributed by atoms with van der Waals surface area (Å²) in [5.74, 6) is 2.14. The number of rotatable bonds is 6. The summed E-state index contributed by atoms with van der Waals surface area (Å²) in [5.41, 5.74) is 0.856. The minimum absolute atomic E-state index is 0.561. The van der Waals surface area contributed by atoms with Crippen LogP contribution < -0.4 is 5.32 Å². The Bertz CT molecular complexity index is 832. The lowest BCUT2D eigenvalue weighted by Gasteiger charge is -2.25. The van der Waals surface area contributed by atoms with Crippen molar-refractivity contribution in [3.8, 4) is 11.4 Å². The van der Waals surface area contributed by atoms with Crippen molar-refractivity contribution in [1.29, 1.82) is 0 Å². The van der Waals surface area contributed by atoms with Crippen LogP contribution in [0.3, 0.4) is 0 Å². The SMILES string of the molecule is CCNC(=NCCc1nc(-c2cccc(Cl)c2)no1)N1CCC(N2CCCC2)C1. The van der Waals surface area contributed by atoms with Crippen LogP contribution in [0.1, 0.15) is 32.1 Å². The molecule has 2 saturated heterocycles. The Balaban J connectivity index is 1.34. The predicted molar refractivity (Wildman–Crippen MR) is 115 cm³/mol. The fraction of sp³-hybridized carbons (Fsp3) is 0.571. The van der Waals surface area contributed by atoms with E-state index in [1.54, 1.807) is 0 Å². The summed E-state index contributed by atoms with van der Waals surface area (Å²) in [6.07, 6.45) is 4.51. The summed E-state index contributed by atoms with van der Waals surface area (Å²) < 4.78 is 5.40. The third kappa shape index (κ3) is 5.08. The van der Waals surface area contributed by atoms with Crippen molar-refractivity contribution in [2.75, 3.05) is 39.3 Å². The van der Waals surface area contributed by atoms with E-state index in [2.05, 4.69) is 32.2 Å². The number of aliphatic imine (C=N–C) groups is 1. The highest BCUT2D eigenvalue weighted by molar-refractivity contribution is 6.30. The molecule has 1 atom stereocenters. The molecule has 0 bridgehead atoms. The standard InChI is InChI=1S/C21H29ClN6O/c1-2-23-21(28-13-9-18(15-28)27-11-3-4-12-27)24-10-8-19-25-20(26-29-19)16-6-5-7-17(22)14-16/h5-7,14,18H,2-4,8-13,15H2,1H3,(H,23,24). The van der Waals surface area contributed by atoms with Gasteiger partial charge in [-0.05, 0) is 51.4 Å². The zero-order valence-corrected chi connectivity index (χ0v) is 17.7. The number of hydrogen-bond acceptors (Lipinski definition) is 5. The van der Waals surface area contributed by atoms with E-state index < -0.39 is 0 Å². The van der Waals surface area contributed by atoms with Crippen molar-refractivity contribution in [2.24, 2.45) is 4.99 Å². The zero-order valence-electron chi connectivity index (χ0n) is 17.0. The molecule has 2 fully saturated rings. The number of likely N-dealkylation sites (tertiary alicyclic amines) is 2. The number of hydrogen-bond donors (Lipinski definition) is 1. The molecule has 4 rings (SSSR count). The van der Waals surface area contributed by atoms with Gasteiger partial charge in [-0.25, -0.2) is 0 Å². The summed E-state index contributed by atoms with van der Waals surface area (Å²) in [6, 6.07) is 8.13. The Morgan fingerprint density at radius 3 is 2.97 bits per heavy atom. The van der Waals surface area contributed by atoms with Crippen LogP contribution in [0.15, 0.2) is 33.8 Å². The molecule has 2 aromatic rings. The van der Waals surface area contributed by atoms with E-state index in [1.165, 1.54) is 32.4 Å². The van der Waals surface area contributed by atoms with Gasteiger partial charge in [0.05, 0.1) is 6.54 Å². The molecule has 1 N–H and O–H groups in total. The minimum Gasteiger partial charge on any atom is -0.357 e. The maximum atomic E-state index is 6.05. The van der Waals surface area contributed by atoms with Crippen LogP contribution in [0.5, 0.6) is 0 Å². The number of halogens is 1. The fourth-order valence-corrected chi connectivity index (χ4v) is 4.31. The lowest BCUT2D eigenvalue weighted by Crippen LogP contribution is -2.42. The van der Waals surface area contributed by atoms with E-state index in [4.69, 9.17) is 21.1 Å². The molecule has 2 aliphatic rings. The maximum absolute atomic E-state index is 6.05. The summed E-state index contributed by atoms with van der Waals surface area (Å²) in [4.78, 5) is 14.3. The number of nitrogens with one attached hydrogen (secondary N) is 1. The monoisotopic (exact) mass is 416 g/mol. The van der Waals surface area contributed by atoms with Crippen molar-refractivity contribution >= 4 is 17.6 Å². The van der Waals surface area contributed by atoms with Gasteiger partial charge in [0.1, 0.15) is 0 Å². The van der Waals surface area contributed by atoms with E-state index in [0.29, 0.717) is 35.7 Å². The largest absolute Gasteiger partial charge is 0.357 e. The summed E-state index contributed by atoms with van der Waals surface area (Å²) in [6.45, 7) is 8.21. The van der Waals surface area contributed by atoms with Crippen molar-refractivity contribution < 1.29 is 4.52 Å². The molecule has 29 heavy (non-hydrogen) atoms. The minimum atomic E-state index is 0.561. The lowest BCUT2D eigenvalue weighted by atomic mass is 10.2. The first-order chi connectivity index (χ1) is 14.2. The van der Waals surface area contributed by atoms with Gasteiger partial charge in [0.15, 0.2) is 5.96 Å². The first-order valence-corrected chi connectivity index (χ1v) is 11.0. The quantitative estimate of drug-likeness (QED) is 0.576. The van der Waals surface area contributed by atoms with Crippen LogP contribution in [-0.2, 0) is 6.42 Å². The van der Waals surface area contributed by atoms with Crippen LogP contribution in [0, 0.1) is 0 Å². The summed E-state index contributed by atoms with van der Waals surface area (Å²) in [7, 11) is 0. The van der Waals surface area contributed by atoms with Crippen LogP contribution in [0.4, 0.5) is 0 Å². The molecule has 1 aromatic heterocycles. The molecular formula is C21H29ClN6O. The van der Waals surface area contributed by atoms with Crippen molar-refractivity contribution in [1.82, 2.24) is 25.3 Å². The van der Waals surface area contributed by atoms with Crippen molar-refractivity contribution in [2.45, 2.75) is 38.6 Å². The highest BCUT2D eigenvalue weighted by Crippen LogP contribution is 2.21. The predicted octanol–water partition coefficient (Wildman–Crippen LogP) is 3.07. The Morgan fingerprint density at radius 1 is 1.31 bits per heavy atom. The number of benzene rings is 1. The molecule has 1 unspecified atom stereocenters. The third-order valence-electron chi connectivity index (χ3n) is 5.59. The first-order valence-electron chi connectivity index (χ1n) is 10.6. The van der Waals surface area contributed by atoms with Gasteiger partial charge in [0.25, 0.3) is 0 Å².